The molecule has 1 aromatic rings. The van der Waals surface area contributed by atoms with Crippen LogP contribution in [0.25, 0.3) is 0 Å². The SMILES string of the molecule is Cl.Cl.O=C(C1CCCCN1)N1CCN(c2ccc(O)cc2)CC1. The van der Waals surface area contributed by atoms with E-state index in [1.165, 1.54) is 6.42 Å². The summed E-state index contributed by atoms with van der Waals surface area (Å²) in [7, 11) is 0. The molecule has 0 aliphatic carbocycles. The minimum Gasteiger partial charge on any atom is -0.508 e. The molecule has 130 valence electrons. The van der Waals surface area contributed by atoms with Crippen LogP contribution < -0.4 is 10.2 Å². The molecule has 0 bridgehead atoms. The van der Waals surface area contributed by atoms with Crippen LogP contribution in [0.1, 0.15) is 19.3 Å². The minimum absolute atomic E-state index is 0. The standard InChI is InChI=1S/C16H23N3O2.2ClH/c20-14-6-4-13(5-7-14)18-9-11-19(12-10-18)16(21)15-3-1-2-8-17-15;;/h4-7,15,17,20H,1-3,8-12H2;2*1H. The lowest BCUT2D eigenvalue weighted by Crippen LogP contribution is -2.55. The van der Waals surface area contributed by atoms with E-state index in [1.54, 1.807) is 12.1 Å². The fraction of sp³-hybridized carbons (Fsp3) is 0.562. The Hall–Kier alpha value is -1.17. The van der Waals surface area contributed by atoms with Gasteiger partial charge in [0.1, 0.15) is 5.75 Å². The number of aromatic hydroxyl groups is 1. The second kappa shape index (κ2) is 9.21. The maximum Gasteiger partial charge on any atom is 0.239 e. The summed E-state index contributed by atoms with van der Waals surface area (Å²) in [6.45, 7) is 4.21. The second-order valence-corrected chi connectivity index (χ2v) is 5.83. The van der Waals surface area contributed by atoms with Crippen LogP contribution >= 0.6 is 24.8 Å². The average Bonchev–Trinajstić information content (AvgIpc) is 2.56. The number of nitrogens with zero attached hydrogens (tertiary/aromatic N) is 2. The van der Waals surface area contributed by atoms with Crippen molar-refractivity contribution in [3.05, 3.63) is 24.3 Å². The van der Waals surface area contributed by atoms with Crippen molar-refractivity contribution in [1.29, 1.82) is 0 Å². The van der Waals surface area contributed by atoms with Gasteiger partial charge in [0, 0.05) is 31.9 Å². The lowest BCUT2D eigenvalue weighted by molar-refractivity contribution is -0.134. The normalized spacial score (nSPS) is 21.1. The van der Waals surface area contributed by atoms with Crippen molar-refractivity contribution in [3.63, 3.8) is 0 Å². The van der Waals surface area contributed by atoms with Gasteiger partial charge in [0.25, 0.3) is 0 Å². The number of phenolic OH excluding ortho intramolecular Hbond substituents is 1. The van der Waals surface area contributed by atoms with Gasteiger partial charge in [-0.2, -0.15) is 0 Å². The molecule has 0 aromatic heterocycles. The summed E-state index contributed by atoms with van der Waals surface area (Å²) in [5.41, 5.74) is 1.11. The number of rotatable bonds is 2. The Balaban J connectivity index is 0.00000132. The lowest BCUT2D eigenvalue weighted by atomic mass is 10.0. The first kappa shape index (κ1) is 19.9. The van der Waals surface area contributed by atoms with E-state index in [9.17, 15) is 9.90 Å². The van der Waals surface area contributed by atoms with Gasteiger partial charge >= 0.3 is 0 Å². The van der Waals surface area contributed by atoms with Gasteiger partial charge in [0.2, 0.25) is 5.91 Å². The Bertz CT molecular complexity index is 485. The zero-order valence-corrected chi connectivity index (χ0v) is 14.7. The first-order valence-corrected chi connectivity index (χ1v) is 7.80. The number of carbonyl (C=O) groups excluding carboxylic acids is 1. The fourth-order valence-electron chi connectivity index (χ4n) is 3.13. The number of benzene rings is 1. The number of nitrogens with one attached hydrogen (secondary N) is 1. The zero-order chi connectivity index (χ0) is 14.7. The van der Waals surface area contributed by atoms with Gasteiger partial charge in [-0.3, -0.25) is 4.79 Å². The summed E-state index contributed by atoms with van der Waals surface area (Å²) in [6.07, 6.45) is 3.30. The number of phenols is 1. The molecule has 2 fully saturated rings. The third kappa shape index (κ3) is 4.90. The molecule has 0 radical (unpaired) electrons. The van der Waals surface area contributed by atoms with Crippen molar-refractivity contribution in [1.82, 2.24) is 10.2 Å². The number of amides is 1. The quantitative estimate of drug-likeness (QED) is 0.845. The smallest absolute Gasteiger partial charge is 0.239 e. The van der Waals surface area contributed by atoms with Crippen molar-refractivity contribution in [2.75, 3.05) is 37.6 Å². The van der Waals surface area contributed by atoms with Crippen LogP contribution in [-0.4, -0.2) is 54.7 Å². The lowest BCUT2D eigenvalue weighted by Gasteiger charge is -2.38. The zero-order valence-electron chi connectivity index (χ0n) is 13.1. The van der Waals surface area contributed by atoms with E-state index in [-0.39, 0.29) is 42.5 Å². The molecular formula is C16H25Cl2N3O2. The Labute approximate surface area is 149 Å². The Kier molecular flexibility index (Phi) is 7.95. The summed E-state index contributed by atoms with van der Waals surface area (Å²) >= 11 is 0. The van der Waals surface area contributed by atoms with Crippen LogP contribution in [-0.2, 0) is 4.79 Å². The number of carbonyl (C=O) groups is 1. The monoisotopic (exact) mass is 361 g/mol. The van der Waals surface area contributed by atoms with E-state index < -0.39 is 0 Å². The van der Waals surface area contributed by atoms with Crippen molar-refractivity contribution < 1.29 is 9.90 Å². The summed E-state index contributed by atoms with van der Waals surface area (Å²) in [5.74, 6) is 0.552. The number of piperazine rings is 1. The first-order chi connectivity index (χ1) is 10.2. The molecule has 2 saturated heterocycles. The van der Waals surface area contributed by atoms with Crippen LogP contribution in [0.4, 0.5) is 5.69 Å². The third-order valence-corrected chi connectivity index (χ3v) is 4.41. The molecule has 1 unspecified atom stereocenters. The molecule has 7 heteroatoms. The fourth-order valence-corrected chi connectivity index (χ4v) is 3.13. The van der Waals surface area contributed by atoms with Crippen molar-refractivity contribution >= 4 is 36.4 Å². The molecule has 2 heterocycles. The molecule has 0 spiro atoms. The van der Waals surface area contributed by atoms with Crippen LogP contribution in [0, 0.1) is 0 Å². The summed E-state index contributed by atoms with van der Waals surface area (Å²) < 4.78 is 0. The highest BCUT2D eigenvalue weighted by Crippen LogP contribution is 2.20. The summed E-state index contributed by atoms with van der Waals surface area (Å²) in [6, 6.07) is 7.29. The highest BCUT2D eigenvalue weighted by molar-refractivity contribution is 5.85. The topological polar surface area (TPSA) is 55.8 Å². The van der Waals surface area contributed by atoms with E-state index in [2.05, 4.69) is 10.2 Å². The largest absolute Gasteiger partial charge is 0.508 e. The molecule has 1 aromatic carbocycles. The molecule has 2 N–H and O–H groups in total. The van der Waals surface area contributed by atoms with Crippen molar-refractivity contribution in [2.24, 2.45) is 0 Å². The van der Waals surface area contributed by atoms with Crippen LogP contribution in [0.15, 0.2) is 24.3 Å². The van der Waals surface area contributed by atoms with E-state index in [4.69, 9.17) is 0 Å². The maximum atomic E-state index is 12.5. The van der Waals surface area contributed by atoms with Gasteiger partial charge in [-0.15, -0.1) is 24.8 Å². The average molecular weight is 362 g/mol. The Morgan fingerprint density at radius 2 is 1.70 bits per heavy atom. The van der Waals surface area contributed by atoms with Crippen molar-refractivity contribution in [2.45, 2.75) is 25.3 Å². The Morgan fingerprint density at radius 1 is 1.04 bits per heavy atom. The number of halogens is 2. The van der Waals surface area contributed by atoms with Crippen LogP contribution in [0.5, 0.6) is 5.75 Å². The molecule has 2 aliphatic heterocycles. The van der Waals surface area contributed by atoms with Gasteiger partial charge in [0.15, 0.2) is 0 Å². The molecule has 2 aliphatic rings. The number of hydrogen-bond acceptors (Lipinski definition) is 4. The Morgan fingerprint density at radius 3 is 2.26 bits per heavy atom. The van der Waals surface area contributed by atoms with Crippen LogP contribution in [0.2, 0.25) is 0 Å². The number of hydrogen-bond donors (Lipinski definition) is 2. The van der Waals surface area contributed by atoms with Gasteiger partial charge in [-0.1, -0.05) is 6.42 Å². The molecule has 3 rings (SSSR count). The summed E-state index contributed by atoms with van der Waals surface area (Å²) in [5, 5.41) is 12.7. The maximum absolute atomic E-state index is 12.5. The third-order valence-electron chi connectivity index (χ3n) is 4.41. The van der Waals surface area contributed by atoms with Gasteiger partial charge in [0.05, 0.1) is 6.04 Å². The number of anilines is 1. The molecule has 1 atom stereocenters. The summed E-state index contributed by atoms with van der Waals surface area (Å²) in [4.78, 5) is 16.7. The molecule has 5 nitrogen and oxygen atoms in total. The second-order valence-electron chi connectivity index (χ2n) is 5.83. The molecule has 1 amide bonds. The number of piperidine rings is 1. The van der Waals surface area contributed by atoms with Gasteiger partial charge in [-0.25, -0.2) is 0 Å². The molecule has 23 heavy (non-hydrogen) atoms. The minimum atomic E-state index is 0. The highest BCUT2D eigenvalue weighted by atomic mass is 35.5. The molecular weight excluding hydrogens is 337 g/mol. The van der Waals surface area contributed by atoms with Crippen molar-refractivity contribution in [3.8, 4) is 5.75 Å². The molecule has 0 saturated carbocycles. The highest BCUT2D eigenvalue weighted by Gasteiger charge is 2.28. The van der Waals surface area contributed by atoms with E-state index in [0.717, 1.165) is 51.3 Å². The van der Waals surface area contributed by atoms with Gasteiger partial charge < -0.3 is 20.2 Å². The van der Waals surface area contributed by atoms with E-state index in [1.807, 2.05) is 17.0 Å². The first-order valence-electron chi connectivity index (χ1n) is 7.80. The van der Waals surface area contributed by atoms with E-state index >= 15 is 0 Å². The predicted molar refractivity (Wildman–Crippen MR) is 97.0 cm³/mol. The van der Waals surface area contributed by atoms with E-state index in [0.29, 0.717) is 0 Å². The van der Waals surface area contributed by atoms with Gasteiger partial charge in [-0.05, 0) is 43.7 Å². The van der Waals surface area contributed by atoms with Crippen LogP contribution in [0.3, 0.4) is 0 Å². The predicted octanol–water partition coefficient (Wildman–Crippen LogP) is 2.03.